The van der Waals surface area contributed by atoms with Gasteiger partial charge in [-0.25, -0.2) is 0 Å². The fourth-order valence-electron chi connectivity index (χ4n) is 2.16. The summed E-state index contributed by atoms with van der Waals surface area (Å²) in [4.78, 5) is 0. The fraction of sp³-hybridized carbons (Fsp3) is 0.250. The van der Waals surface area contributed by atoms with E-state index in [2.05, 4.69) is 33.4 Å². The van der Waals surface area contributed by atoms with E-state index in [1.807, 2.05) is 44.3 Å². The molecule has 2 rings (SSSR count). The van der Waals surface area contributed by atoms with Crippen molar-refractivity contribution >= 4 is 27.5 Å². The van der Waals surface area contributed by atoms with Crippen molar-refractivity contribution in [2.45, 2.75) is 13.0 Å². The van der Waals surface area contributed by atoms with Crippen LogP contribution in [0.3, 0.4) is 0 Å². The minimum atomic E-state index is 0.0614. The summed E-state index contributed by atoms with van der Waals surface area (Å²) in [7, 11) is 1.93. The van der Waals surface area contributed by atoms with Crippen LogP contribution in [-0.4, -0.2) is 13.7 Å². The molecule has 106 valence electrons. The van der Waals surface area contributed by atoms with Gasteiger partial charge in [-0.15, -0.1) is 0 Å². The third-order valence-electron chi connectivity index (χ3n) is 3.09. The number of nitrogens with one attached hydrogen (secondary N) is 1. The maximum absolute atomic E-state index is 6.34. The molecule has 2 nitrogen and oxygen atoms in total. The van der Waals surface area contributed by atoms with Gasteiger partial charge < -0.3 is 10.1 Å². The normalized spacial score (nSPS) is 12.2. The van der Waals surface area contributed by atoms with Crippen LogP contribution < -0.4 is 10.1 Å². The smallest absolute Gasteiger partial charge is 0.119 e. The maximum atomic E-state index is 6.34. The molecule has 0 saturated heterocycles. The molecule has 0 fully saturated rings. The van der Waals surface area contributed by atoms with E-state index in [4.69, 9.17) is 16.3 Å². The van der Waals surface area contributed by atoms with Gasteiger partial charge in [0.2, 0.25) is 0 Å². The van der Waals surface area contributed by atoms with Crippen LogP contribution in [-0.2, 0) is 0 Å². The van der Waals surface area contributed by atoms with Crippen LogP contribution >= 0.6 is 27.5 Å². The summed E-state index contributed by atoms with van der Waals surface area (Å²) in [6.45, 7) is 2.65. The lowest BCUT2D eigenvalue weighted by Crippen LogP contribution is -2.18. The number of hydrogen-bond acceptors (Lipinski definition) is 2. The Bertz CT molecular complexity index is 571. The van der Waals surface area contributed by atoms with Crippen LogP contribution in [0.5, 0.6) is 5.75 Å². The molecule has 0 amide bonds. The number of rotatable bonds is 5. The topological polar surface area (TPSA) is 21.3 Å². The van der Waals surface area contributed by atoms with Gasteiger partial charge in [-0.05, 0) is 49.4 Å². The Balaban J connectivity index is 2.31. The summed E-state index contributed by atoms with van der Waals surface area (Å²) >= 11 is 9.77. The highest BCUT2D eigenvalue weighted by Gasteiger charge is 2.15. The minimum absolute atomic E-state index is 0.0614. The highest BCUT2D eigenvalue weighted by Crippen LogP contribution is 2.31. The Labute approximate surface area is 133 Å². The van der Waals surface area contributed by atoms with Crippen molar-refractivity contribution < 1.29 is 4.74 Å². The van der Waals surface area contributed by atoms with Crippen molar-refractivity contribution in [3.63, 3.8) is 0 Å². The van der Waals surface area contributed by atoms with Crippen molar-refractivity contribution in [2.75, 3.05) is 13.7 Å². The van der Waals surface area contributed by atoms with Gasteiger partial charge in [0.25, 0.3) is 0 Å². The third-order valence-corrected chi connectivity index (χ3v) is 3.91. The molecule has 4 heteroatoms. The molecule has 0 radical (unpaired) electrons. The van der Waals surface area contributed by atoms with Gasteiger partial charge in [-0.1, -0.05) is 45.7 Å². The second-order valence-electron chi connectivity index (χ2n) is 4.39. The summed E-state index contributed by atoms with van der Waals surface area (Å²) < 4.78 is 6.45. The number of hydrogen-bond donors (Lipinski definition) is 1. The van der Waals surface area contributed by atoms with Gasteiger partial charge in [0.15, 0.2) is 0 Å². The molecule has 0 aliphatic heterocycles. The zero-order valence-electron chi connectivity index (χ0n) is 11.5. The molecular weight excluding hydrogens is 338 g/mol. The fourth-order valence-corrected chi connectivity index (χ4v) is 2.94. The van der Waals surface area contributed by atoms with Crippen molar-refractivity contribution in [1.29, 1.82) is 0 Å². The average Bonchev–Trinajstić information content (AvgIpc) is 2.44. The number of benzene rings is 2. The van der Waals surface area contributed by atoms with Gasteiger partial charge in [-0.3, -0.25) is 0 Å². The Hall–Kier alpha value is -1.03. The van der Waals surface area contributed by atoms with Crippen LogP contribution in [0.15, 0.2) is 46.9 Å². The maximum Gasteiger partial charge on any atom is 0.119 e. The molecule has 0 spiro atoms. The van der Waals surface area contributed by atoms with Crippen molar-refractivity contribution in [2.24, 2.45) is 0 Å². The molecule has 1 N–H and O–H groups in total. The van der Waals surface area contributed by atoms with Crippen LogP contribution in [0.25, 0.3) is 0 Å². The van der Waals surface area contributed by atoms with E-state index in [1.165, 1.54) is 0 Å². The first kappa shape index (κ1) is 15.4. The van der Waals surface area contributed by atoms with Crippen molar-refractivity contribution in [3.05, 3.63) is 63.1 Å². The van der Waals surface area contributed by atoms with Gasteiger partial charge in [-0.2, -0.15) is 0 Å². The van der Waals surface area contributed by atoms with Crippen LogP contribution in [0.2, 0.25) is 5.02 Å². The third kappa shape index (κ3) is 3.54. The van der Waals surface area contributed by atoms with Crippen LogP contribution in [0.4, 0.5) is 0 Å². The van der Waals surface area contributed by atoms with Crippen LogP contribution in [0, 0.1) is 0 Å². The Morgan fingerprint density at radius 1 is 1.20 bits per heavy atom. The molecule has 1 atom stereocenters. The largest absolute Gasteiger partial charge is 0.494 e. The van der Waals surface area contributed by atoms with E-state index < -0.39 is 0 Å². The second-order valence-corrected chi connectivity index (χ2v) is 5.71. The molecule has 0 aliphatic carbocycles. The molecule has 2 aromatic rings. The monoisotopic (exact) mass is 353 g/mol. The molecule has 0 bridgehead atoms. The lowest BCUT2D eigenvalue weighted by Gasteiger charge is -2.19. The predicted octanol–water partition coefficient (Wildman–Crippen LogP) is 4.81. The number of halogens is 2. The lowest BCUT2D eigenvalue weighted by atomic mass is 9.99. The number of ether oxygens (including phenoxy) is 1. The molecule has 0 saturated carbocycles. The van der Waals surface area contributed by atoms with Crippen molar-refractivity contribution in [1.82, 2.24) is 5.32 Å². The first-order valence-electron chi connectivity index (χ1n) is 6.50. The van der Waals surface area contributed by atoms with E-state index in [1.54, 1.807) is 0 Å². The van der Waals surface area contributed by atoms with E-state index in [9.17, 15) is 0 Å². The molecule has 2 aromatic carbocycles. The molecule has 0 heterocycles. The van der Waals surface area contributed by atoms with Gasteiger partial charge >= 0.3 is 0 Å². The average molecular weight is 355 g/mol. The van der Waals surface area contributed by atoms with Gasteiger partial charge in [0, 0.05) is 9.50 Å². The van der Waals surface area contributed by atoms with E-state index >= 15 is 0 Å². The lowest BCUT2D eigenvalue weighted by molar-refractivity contribution is 0.340. The van der Waals surface area contributed by atoms with Gasteiger partial charge in [0.05, 0.1) is 12.6 Å². The zero-order valence-corrected chi connectivity index (χ0v) is 13.8. The molecule has 0 aromatic heterocycles. The second kappa shape index (κ2) is 7.11. The van der Waals surface area contributed by atoms with Crippen LogP contribution in [0.1, 0.15) is 24.1 Å². The summed E-state index contributed by atoms with van der Waals surface area (Å²) in [6.07, 6.45) is 0. The minimum Gasteiger partial charge on any atom is -0.494 e. The van der Waals surface area contributed by atoms with Crippen molar-refractivity contribution in [3.8, 4) is 5.75 Å². The van der Waals surface area contributed by atoms with E-state index in [0.29, 0.717) is 6.61 Å². The Morgan fingerprint density at radius 3 is 2.45 bits per heavy atom. The SMILES string of the molecule is CCOc1ccc(C(NC)c2ccc(Br)cc2Cl)cc1. The standard InChI is InChI=1S/C16H17BrClNO/c1-3-20-13-7-4-11(5-8-13)16(19-2)14-9-6-12(17)10-15(14)18/h4-10,16,19H,3H2,1-2H3. The highest BCUT2D eigenvalue weighted by molar-refractivity contribution is 9.10. The first-order valence-corrected chi connectivity index (χ1v) is 7.67. The Kier molecular flexibility index (Phi) is 5.46. The Morgan fingerprint density at radius 2 is 1.90 bits per heavy atom. The molecule has 20 heavy (non-hydrogen) atoms. The van der Waals surface area contributed by atoms with Gasteiger partial charge in [0.1, 0.15) is 5.75 Å². The molecule has 1 unspecified atom stereocenters. The molecule has 0 aliphatic rings. The first-order chi connectivity index (χ1) is 9.65. The summed E-state index contributed by atoms with van der Waals surface area (Å²) in [5, 5.41) is 4.05. The predicted molar refractivity (Wildman–Crippen MR) is 87.7 cm³/mol. The van der Waals surface area contributed by atoms with E-state index in [0.717, 1.165) is 26.4 Å². The highest BCUT2D eigenvalue weighted by atomic mass is 79.9. The summed E-state index contributed by atoms with van der Waals surface area (Å²) in [5.74, 6) is 0.882. The summed E-state index contributed by atoms with van der Waals surface area (Å²) in [6, 6.07) is 14.1. The molecular formula is C16H17BrClNO. The van der Waals surface area contributed by atoms with E-state index in [-0.39, 0.29) is 6.04 Å². The quantitative estimate of drug-likeness (QED) is 0.832. The summed E-state index contributed by atoms with van der Waals surface area (Å²) in [5.41, 5.74) is 2.21. The zero-order chi connectivity index (χ0) is 14.5.